The SMILES string of the molecule is CC1(Cn2c(-c3ccccc3)nc3c2CCNC3)CCC1. The first-order valence-electron chi connectivity index (χ1n) is 8.10. The van der Waals surface area contributed by atoms with E-state index in [0.29, 0.717) is 5.41 Å². The molecule has 1 aliphatic heterocycles. The van der Waals surface area contributed by atoms with E-state index in [2.05, 4.69) is 47.1 Å². The number of hydrogen-bond donors (Lipinski definition) is 1. The third kappa shape index (κ3) is 2.30. The molecule has 0 amide bonds. The molecule has 1 aromatic carbocycles. The maximum atomic E-state index is 4.96. The van der Waals surface area contributed by atoms with Crippen molar-refractivity contribution in [2.75, 3.05) is 6.54 Å². The van der Waals surface area contributed by atoms with Crippen molar-refractivity contribution in [3.8, 4) is 11.4 Å². The molecule has 3 nitrogen and oxygen atoms in total. The minimum Gasteiger partial charge on any atom is -0.327 e. The van der Waals surface area contributed by atoms with Gasteiger partial charge in [-0.05, 0) is 18.3 Å². The summed E-state index contributed by atoms with van der Waals surface area (Å²) in [4.78, 5) is 4.96. The zero-order valence-electron chi connectivity index (χ0n) is 12.7. The lowest BCUT2D eigenvalue weighted by molar-refractivity contribution is 0.131. The van der Waals surface area contributed by atoms with Crippen LogP contribution in [-0.4, -0.2) is 16.1 Å². The first kappa shape index (κ1) is 13.1. The summed E-state index contributed by atoms with van der Waals surface area (Å²) in [6.45, 7) is 5.54. The Hall–Kier alpha value is -1.61. The number of nitrogens with zero attached hydrogens (tertiary/aromatic N) is 2. The van der Waals surface area contributed by atoms with Crippen molar-refractivity contribution >= 4 is 0 Å². The Morgan fingerprint density at radius 1 is 1.24 bits per heavy atom. The predicted octanol–water partition coefficient (Wildman–Crippen LogP) is 3.39. The number of fused-ring (bicyclic) bond motifs is 1. The fourth-order valence-electron chi connectivity index (χ4n) is 3.67. The monoisotopic (exact) mass is 281 g/mol. The number of hydrogen-bond acceptors (Lipinski definition) is 2. The van der Waals surface area contributed by atoms with Crippen LogP contribution in [0.3, 0.4) is 0 Å². The van der Waals surface area contributed by atoms with Crippen molar-refractivity contribution in [1.29, 1.82) is 0 Å². The van der Waals surface area contributed by atoms with Crippen LogP contribution in [0.15, 0.2) is 30.3 Å². The summed E-state index contributed by atoms with van der Waals surface area (Å²) in [5.74, 6) is 1.16. The van der Waals surface area contributed by atoms with Gasteiger partial charge in [-0.3, -0.25) is 0 Å². The van der Waals surface area contributed by atoms with E-state index in [1.807, 2.05) is 0 Å². The second-order valence-electron chi connectivity index (χ2n) is 6.87. The molecule has 1 aliphatic carbocycles. The van der Waals surface area contributed by atoms with Gasteiger partial charge in [-0.25, -0.2) is 4.98 Å². The highest BCUT2D eigenvalue weighted by Gasteiger charge is 2.34. The van der Waals surface area contributed by atoms with Crippen LogP contribution >= 0.6 is 0 Å². The summed E-state index contributed by atoms with van der Waals surface area (Å²) >= 11 is 0. The minimum atomic E-state index is 0.475. The molecule has 21 heavy (non-hydrogen) atoms. The molecule has 0 bridgehead atoms. The Kier molecular flexibility index (Phi) is 3.11. The van der Waals surface area contributed by atoms with Crippen molar-refractivity contribution < 1.29 is 0 Å². The Morgan fingerprint density at radius 2 is 2.05 bits per heavy atom. The molecule has 2 aromatic rings. The molecule has 3 heteroatoms. The molecule has 1 saturated carbocycles. The molecule has 1 aromatic heterocycles. The van der Waals surface area contributed by atoms with Crippen molar-refractivity contribution in [3.63, 3.8) is 0 Å². The van der Waals surface area contributed by atoms with Crippen LogP contribution in [-0.2, 0) is 19.5 Å². The topological polar surface area (TPSA) is 29.9 Å². The molecule has 2 heterocycles. The second-order valence-corrected chi connectivity index (χ2v) is 6.87. The molecule has 2 aliphatic rings. The summed E-state index contributed by atoms with van der Waals surface area (Å²) < 4.78 is 2.52. The molecule has 0 atom stereocenters. The van der Waals surface area contributed by atoms with E-state index in [4.69, 9.17) is 4.98 Å². The third-order valence-electron chi connectivity index (χ3n) is 5.12. The van der Waals surface area contributed by atoms with Crippen LogP contribution in [0.25, 0.3) is 11.4 Å². The highest BCUT2D eigenvalue weighted by atomic mass is 15.1. The van der Waals surface area contributed by atoms with Gasteiger partial charge < -0.3 is 9.88 Å². The molecule has 110 valence electrons. The van der Waals surface area contributed by atoms with Gasteiger partial charge in [0.25, 0.3) is 0 Å². The molecular formula is C18H23N3. The van der Waals surface area contributed by atoms with Crippen molar-refractivity contribution in [3.05, 3.63) is 41.7 Å². The van der Waals surface area contributed by atoms with Gasteiger partial charge >= 0.3 is 0 Å². The lowest BCUT2D eigenvalue weighted by Gasteiger charge is -2.39. The van der Waals surface area contributed by atoms with Crippen LogP contribution < -0.4 is 5.32 Å². The average molecular weight is 281 g/mol. The molecular weight excluding hydrogens is 258 g/mol. The standard InChI is InChI=1S/C18H23N3/c1-18(9-5-10-18)13-21-16-8-11-19-12-15(16)20-17(21)14-6-3-2-4-7-14/h2-4,6-7,19H,5,8-13H2,1H3. The quantitative estimate of drug-likeness (QED) is 0.934. The van der Waals surface area contributed by atoms with Gasteiger partial charge in [0, 0.05) is 37.3 Å². The Labute approximate surface area is 126 Å². The number of nitrogens with one attached hydrogen (secondary N) is 1. The van der Waals surface area contributed by atoms with E-state index < -0.39 is 0 Å². The molecule has 1 fully saturated rings. The van der Waals surface area contributed by atoms with E-state index in [9.17, 15) is 0 Å². The first-order valence-corrected chi connectivity index (χ1v) is 8.10. The van der Waals surface area contributed by atoms with E-state index in [0.717, 1.165) is 31.9 Å². The van der Waals surface area contributed by atoms with E-state index in [1.165, 1.54) is 36.2 Å². The molecule has 1 N–H and O–H groups in total. The summed E-state index contributed by atoms with van der Waals surface area (Å²) in [6.07, 6.45) is 5.19. The van der Waals surface area contributed by atoms with Gasteiger partial charge in [-0.1, -0.05) is 43.7 Å². The van der Waals surface area contributed by atoms with E-state index in [-0.39, 0.29) is 0 Å². The molecule has 4 rings (SSSR count). The molecule has 0 spiro atoms. The summed E-state index contributed by atoms with van der Waals surface area (Å²) in [6, 6.07) is 10.7. The highest BCUT2D eigenvalue weighted by Crippen LogP contribution is 2.43. The van der Waals surface area contributed by atoms with Crippen LogP contribution in [0.2, 0.25) is 0 Å². The number of aromatic nitrogens is 2. The Morgan fingerprint density at radius 3 is 2.76 bits per heavy atom. The second kappa shape index (κ2) is 4.99. The maximum absolute atomic E-state index is 4.96. The van der Waals surface area contributed by atoms with Crippen LogP contribution in [0.5, 0.6) is 0 Å². The Balaban J connectivity index is 1.79. The van der Waals surface area contributed by atoms with Gasteiger partial charge in [0.1, 0.15) is 5.82 Å². The van der Waals surface area contributed by atoms with Crippen LogP contribution in [0.1, 0.15) is 37.6 Å². The maximum Gasteiger partial charge on any atom is 0.140 e. The lowest BCUT2D eigenvalue weighted by Crippen LogP contribution is -2.33. The molecule has 0 saturated heterocycles. The fourth-order valence-corrected chi connectivity index (χ4v) is 3.67. The van der Waals surface area contributed by atoms with Gasteiger partial charge in [-0.2, -0.15) is 0 Å². The van der Waals surface area contributed by atoms with Gasteiger partial charge in [-0.15, -0.1) is 0 Å². The average Bonchev–Trinajstić information content (AvgIpc) is 2.85. The normalized spacial score (nSPS) is 19.9. The van der Waals surface area contributed by atoms with E-state index in [1.54, 1.807) is 0 Å². The predicted molar refractivity (Wildman–Crippen MR) is 85.0 cm³/mol. The van der Waals surface area contributed by atoms with Gasteiger partial charge in [0.05, 0.1) is 5.69 Å². The van der Waals surface area contributed by atoms with E-state index >= 15 is 0 Å². The summed E-state index contributed by atoms with van der Waals surface area (Å²) in [5.41, 5.74) is 4.43. The van der Waals surface area contributed by atoms with Crippen LogP contribution in [0, 0.1) is 5.41 Å². The van der Waals surface area contributed by atoms with Crippen LogP contribution in [0.4, 0.5) is 0 Å². The highest BCUT2D eigenvalue weighted by molar-refractivity contribution is 5.57. The smallest absolute Gasteiger partial charge is 0.140 e. The third-order valence-corrected chi connectivity index (χ3v) is 5.12. The van der Waals surface area contributed by atoms with Crippen molar-refractivity contribution in [1.82, 2.24) is 14.9 Å². The number of benzene rings is 1. The number of rotatable bonds is 3. The summed E-state index contributed by atoms with van der Waals surface area (Å²) in [7, 11) is 0. The lowest BCUT2D eigenvalue weighted by atomic mass is 9.70. The largest absolute Gasteiger partial charge is 0.327 e. The van der Waals surface area contributed by atoms with Gasteiger partial charge in [0.2, 0.25) is 0 Å². The molecule has 0 radical (unpaired) electrons. The van der Waals surface area contributed by atoms with Crippen molar-refractivity contribution in [2.45, 2.75) is 45.7 Å². The fraction of sp³-hybridized carbons (Fsp3) is 0.500. The minimum absolute atomic E-state index is 0.475. The van der Waals surface area contributed by atoms with Crippen molar-refractivity contribution in [2.24, 2.45) is 5.41 Å². The first-order chi connectivity index (χ1) is 10.3. The number of imidazole rings is 1. The molecule has 0 unspecified atom stereocenters. The zero-order chi connectivity index (χ0) is 14.3. The Bertz CT molecular complexity index is 638. The summed E-state index contributed by atoms with van der Waals surface area (Å²) in [5, 5.41) is 3.45. The van der Waals surface area contributed by atoms with Gasteiger partial charge in [0.15, 0.2) is 0 Å². The zero-order valence-corrected chi connectivity index (χ0v) is 12.7.